The van der Waals surface area contributed by atoms with Crippen molar-refractivity contribution in [3.8, 4) is 0 Å². The molecule has 18 heavy (non-hydrogen) atoms. The van der Waals surface area contributed by atoms with Crippen molar-refractivity contribution < 1.29 is 21.6 Å². The van der Waals surface area contributed by atoms with E-state index in [1.807, 2.05) is 0 Å². The van der Waals surface area contributed by atoms with Crippen molar-refractivity contribution in [1.82, 2.24) is 0 Å². The summed E-state index contributed by atoms with van der Waals surface area (Å²) in [7, 11) is -5.53. The molecule has 0 N–H and O–H groups in total. The van der Waals surface area contributed by atoms with Crippen molar-refractivity contribution in [3.05, 3.63) is 34.7 Å². The smallest absolute Gasteiger partial charge is 0.223 e. The van der Waals surface area contributed by atoms with E-state index in [2.05, 4.69) is 0 Å². The Morgan fingerprint density at radius 3 is 2.17 bits per heavy atom. The van der Waals surface area contributed by atoms with Crippen LogP contribution in [0.5, 0.6) is 0 Å². The number of fused-ring (bicyclic) bond motifs is 1. The van der Waals surface area contributed by atoms with Crippen molar-refractivity contribution >= 4 is 48.3 Å². The van der Waals surface area contributed by atoms with Crippen LogP contribution >= 0.6 is 0 Å². The van der Waals surface area contributed by atoms with Crippen molar-refractivity contribution in [2.45, 2.75) is 0 Å². The third kappa shape index (κ3) is 1.93. The van der Waals surface area contributed by atoms with Crippen molar-refractivity contribution in [3.63, 3.8) is 0 Å². The summed E-state index contributed by atoms with van der Waals surface area (Å²) in [6, 6.07) is 6.48. The van der Waals surface area contributed by atoms with Crippen molar-refractivity contribution in [2.24, 2.45) is 0 Å². The number of hydrogen-bond donors (Lipinski definition) is 0. The molecule has 1 aliphatic carbocycles. The highest BCUT2D eigenvalue weighted by atomic mass is 32.2. The van der Waals surface area contributed by atoms with E-state index in [4.69, 9.17) is 0 Å². The lowest BCUT2D eigenvalue weighted by atomic mass is 10.0. The number of benzene rings is 1. The maximum Gasteiger partial charge on any atom is 0.223 e. The zero-order chi connectivity index (χ0) is 13.3. The van der Waals surface area contributed by atoms with Gasteiger partial charge in [0.2, 0.25) is 20.6 Å². The molecule has 0 aromatic heterocycles. The lowest BCUT2D eigenvalue weighted by Crippen LogP contribution is -2.38. The van der Waals surface area contributed by atoms with Gasteiger partial charge in [0.15, 0.2) is 6.29 Å². The van der Waals surface area contributed by atoms with E-state index in [1.165, 1.54) is 6.08 Å². The number of carbonyl (C=O) groups is 1. The Bertz CT molecular complexity index is 915. The molecule has 0 saturated carbocycles. The molecule has 0 fully saturated rings. The highest BCUT2D eigenvalue weighted by Crippen LogP contribution is 1.99. The van der Waals surface area contributed by atoms with Crippen LogP contribution in [-0.2, 0) is 25.4 Å². The summed E-state index contributed by atoms with van der Waals surface area (Å²) >= 11 is 0. The molecule has 1 aliphatic rings. The van der Waals surface area contributed by atoms with Crippen LogP contribution in [0.3, 0.4) is 0 Å². The summed E-state index contributed by atoms with van der Waals surface area (Å²) in [6.07, 6.45) is 1.58. The third-order valence-corrected chi connectivity index (χ3v) is 4.05. The molecule has 0 spiro atoms. The van der Waals surface area contributed by atoms with Gasteiger partial charge in [-0.3, -0.25) is 4.79 Å². The maximum atomic E-state index is 11.1. The Morgan fingerprint density at radius 1 is 0.944 bits per heavy atom. The van der Waals surface area contributed by atoms with Gasteiger partial charge in [0.1, 0.15) is 9.73 Å². The second kappa shape index (κ2) is 4.71. The zero-order valence-corrected chi connectivity index (χ0v) is 10.5. The SMILES string of the molecule is O=CC1=c2ccccc2=CC(=S(=O)=O)C1=S(=O)=O. The molecule has 92 valence electrons. The summed E-state index contributed by atoms with van der Waals surface area (Å²) in [4.78, 5) is 10.2. The quantitative estimate of drug-likeness (QED) is 0.436. The van der Waals surface area contributed by atoms with Crippen LogP contribution in [0.25, 0.3) is 11.6 Å². The topological polar surface area (TPSA) is 85.3 Å². The van der Waals surface area contributed by atoms with Crippen LogP contribution < -0.4 is 10.4 Å². The average molecular weight is 282 g/mol. The van der Waals surface area contributed by atoms with Crippen LogP contribution in [0.15, 0.2) is 24.3 Å². The number of hydrogen-bond acceptors (Lipinski definition) is 5. The Hall–Kier alpha value is -1.99. The predicted molar refractivity (Wildman–Crippen MR) is 67.5 cm³/mol. The van der Waals surface area contributed by atoms with Crippen LogP contribution in [0.4, 0.5) is 0 Å². The monoisotopic (exact) mass is 282 g/mol. The minimum Gasteiger partial charge on any atom is -0.298 e. The van der Waals surface area contributed by atoms with Gasteiger partial charge in [0, 0.05) is 5.57 Å². The minimum absolute atomic E-state index is 0.138. The molecule has 0 saturated heterocycles. The number of rotatable bonds is 1. The third-order valence-electron chi connectivity index (χ3n) is 2.47. The van der Waals surface area contributed by atoms with E-state index in [1.54, 1.807) is 24.3 Å². The molecule has 1 aromatic carbocycles. The first-order chi connectivity index (χ1) is 8.56. The molecule has 1 aromatic rings. The molecule has 0 aliphatic heterocycles. The maximum absolute atomic E-state index is 11.1. The Morgan fingerprint density at radius 2 is 1.61 bits per heavy atom. The first-order valence-corrected chi connectivity index (χ1v) is 6.90. The summed E-state index contributed by atoms with van der Waals surface area (Å²) < 4.78 is 44.3. The van der Waals surface area contributed by atoms with Gasteiger partial charge in [-0.2, -0.15) is 16.8 Å². The van der Waals surface area contributed by atoms with E-state index >= 15 is 0 Å². The van der Waals surface area contributed by atoms with Gasteiger partial charge in [0.25, 0.3) is 0 Å². The normalized spacial score (nSPS) is 13.7. The largest absolute Gasteiger partial charge is 0.298 e. The van der Waals surface area contributed by atoms with Crippen LogP contribution in [0.2, 0.25) is 0 Å². The molecule has 5 nitrogen and oxygen atoms in total. The van der Waals surface area contributed by atoms with Crippen molar-refractivity contribution in [1.29, 1.82) is 0 Å². The molecule has 0 unspecified atom stereocenters. The minimum atomic E-state index is -2.80. The molecule has 0 atom stereocenters. The molecule has 0 radical (unpaired) electrons. The van der Waals surface area contributed by atoms with E-state index in [-0.39, 0.29) is 5.57 Å². The summed E-state index contributed by atoms with van der Waals surface area (Å²) in [5.41, 5.74) is -0.138. The van der Waals surface area contributed by atoms with Gasteiger partial charge < -0.3 is 0 Å². The van der Waals surface area contributed by atoms with Gasteiger partial charge in [-0.05, 0) is 16.5 Å². The summed E-state index contributed by atoms with van der Waals surface area (Å²) in [6.45, 7) is 0. The van der Waals surface area contributed by atoms with Gasteiger partial charge in [-0.25, -0.2) is 0 Å². The molecule has 0 heterocycles. The summed E-state index contributed by atoms with van der Waals surface area (Å²) in [5.74, 6) is 0. The average Bonchev–Trinajstić information content (AvgIpc) is 2.35. The lowest BCUT2D eigenvalue weighted by molar-refractivity contribution is -0.103. The molecular formula is C11H6O5S2. The number of aldehydes is 1. The van der Waals surface area contributed by atoms with Gasteiger partial charge in [-0.15, -0.1) is 0 Å². The van der Waals surface area contributed by atoms with Crippen LogP contribution in [0, 0.1) is 0 Å². The highest BCUT2D eigenvalue weighted by molar-refractivity contribution is 7.84. The first kappa shape index (κ1) is 12.5. The Kier molecular flexibility index (Phi) is 3.26. The zero-order valence-electron chi connectivity index (χ0n) is 8.82. The first-order valence-electron chi connectivity index (χ1n) is 4.75. The predicted octanol–water partition coefficient (Wildman–Crippen LogP) is -2.07. The Labute approximate surface area is 105 Å². The molecule has 0 bridgehead atoms. The van der Waals surface area contributed by atoms with E-state index in [0.29, 0.717) is 16.7 Å². The molecular weight excluding hydrogens is 276 g/mol. The van der Waals surface area contributed by atoms with E-state index in [0.717, 1.165) is 0 Å². The lowest BCUT2D eigenvalue weighted by Gasteiger charge is -2.06. The fourth-order valence-electron chi connectivity index (χ4n) is 1.74. The summed E-state index contributed by atoms with van der Waals surface area (Å²) in [5, 5.41) is 0.897. The van der Waals surface area contributed by atoms with Crippen LogP contribution in [0.1, 0.15) is 0 Å². The van der Waals surface area contributed by atoms with Crippen molar-refractivity contribution in [2.75, 3.05) is 0 Å². The van der Waals surface area contributed by atoms with Gasteiger partial charge >= 0.3 is 0 Å². The molecule has 7 heteroatoms. The van der Waals surface area contributed by atoms with E-state index in [9.17, 15) is 21.6 Å². The standard InChI is InChI=1S/C11H6O5S2/c12-6-9-8-4-2-1-3-7(8)5-10(17(13)14)11(9)18(15)16/h1-6H. The van der Waals surface area contributed by atoms with Gasteiger partial charge in [0.05, 0.1) is 0 Å². The second-order valence-electron chi connectivity index (χ2n) is 3.43. The Balaban J connectivity index is 3.24. The van der Waals surface area contributed by atoms with Crippen LogP contribution in [-0.4, -0.2) is 32.9 Å². The highest BCUT2D eigenvalue weighted by Gasteiger charge is 2.20. The fraction of sp³-hybridized carbons (Fsp3) is 0. The fourth-order valence-corrected chi connectivity index (χ4v) is 3.20. The second-order valence-corrected chi connectivity index (χ2v) is 5.21. The molecule has 2 rings (SSSR count). The van der Waals surface area contributed by atoms with Gasteiger partial charge in [-0.1, -0.05) is 24.3 Å². The molecule has 0 amide bonds. The number of carbonyl (C=O) groups excluding carboxylic acids is 1. The van der Waals surface area contributed by atoms with E-state index < -0.39 is 30.3 Å².